The number of halogens is 1. The van der Waals surface area contributed by atoms with Crippen LogP contribution in [0.2, 0.25) is 0 Å². The summed E-state index contributed by atoms with van der Waals surface area (Å²) in [6.45, 7) is 1.38. The van der Waals surface area contributed by atoms with E-state index in [9.17, 15) is 0 Å². The molecule has 74 valence electrons. The van der Waals surface area contributed by atoms with Gasteiger partial charge < -0.3 is 15.6 Å². The molecule has 1 aromatic rings. The Morgan fingerprint density at radius 2 is 2.46 bits per heavy atom. The summed E-state index contributed by atoms with van der Waals surface area (Å²) in [5.41, 5.74) is 5.36. The van der Waals surface area contributed by atoms with Gasteiger partial charge in [-0.05, 0) is 19.4 Å². The standard InChI is InChI=1S/C7H12N4O.ClH/c8-4-6-10-7(12-11-6)5-2-1-3-9-5;/h5,9H,1-4,8H2;1H/t5-;/m1./s1. The molecule has 5 nitrogen and oxygen atoms in total. The van der Waals surface area contributed by atoms with Gasteiger partial charge in [-0.25, -0.2) is 0 Å². The predicted octanol–water partition coefficient (Wildman–Crippen LogP) is 0.375. The van der Waals surface area contributed by atoms with E-state index in [0.717, 1.165) is 13.0 Å². The van der Waals surface area contributed by atoms with Crippen LogP contribution in [0, 0.1) is 0 Å². The topological polar surface area (TPSA) is 77.0 Å². The maximum absolute atomic E-state index is 5.36. The van der Waals surface area contributed by atoms with Gasteiger partial charge in [0.05, 0.1) is 12.6 Å². The molecule has 0 bridgehead atoms. The smallest absolute Gasteiger partial charge is 0.243 e. The Bertz CT molecular complexity index is 259. The summed E-state index contributed by atoms with van der Waals surface area (Å²) < 4.78 is 5.04. The fraction of sp³-hybridized carbons (Fsp3) is 0.714. The van der Waals surface area contributed by atoms with E-state index in [1.54, 1.807) is 0 Å². The molecule has 0 aromatic carbocycles. The molecule has 0 saturated carbocycles. The molecule has 0 radical (unpaired) electrons. The molecule has 1 aromatic heterocycles. The molecule has 1 fully saturated rings. The third kappa shape index (κ3) is 2.18. The predicted molar refractivity (Wildman–Crippen MR) is 49.4 cm³/mol. The quantitative estimate of drug-likeness (QED) is 0.728. The summed E-state index contributed by atoms with van der Waals surface area (Å²) >= 11 is 0. The van der Waals surface area contributed by atoms with Crippen molar-refractivity contribution in [1.82, 2.24) is 15.5 Å². The fourth-order valence-corrected chi connectivity index (χ4v) is 1.39. The summed E-state index contributed by atoms with van der Waals surface area (Å²) in [4.78, 5) is 4.15. The molecule has 0 aliphatic carbocycles. The number of hydrogen-bond donors (Lipinski definition) is 2. The Hall–Kier alpha value is -0.650. The lowest BCUT2D eigenvalue weighted by Gasteiger charge is -2.00. The van der Waals surface area contributed by atoms with E-state index >= 15 is 0 Å². The van der Waals surface area contributed by atoms with Crippen LogP contribution in [-0.2, 0) is 6.54 Å². The van der Waals surface area contributed by atoms with Gasteiger partial charge in [-0.2, -0.15) is 4.98 Å². The van der Waals surface area contributed by atoms with Gasteiger partial charge in [0.15, 0.2) is 5.82 Å². The molecule has 13 heavy (non-hydrogen) atoms. The lowest BCUT2D eigenvalue weighted by Crippen LogP contribution is -2.13. The van der Waals surface area contributed by atoms with E-state index in [4.69, 9.17) is 10.3 Å². The zero-order valence-corrected chi connectivity index (χ0v) is 8.01. The molecule has 0 spiro atoms. The monoisotopic (exact) mass is 204 g/mol. The largest absolute Gasteiger partial charge is 0.338 e. The van der Waals surface area contributed by atoms with Gasteiger partial charge in [-0.3, -0.25) is 0 Å². The number of hydrogen-bond acceptors (Lipinski definition) is 5. The van der Waals surface area contributed by atoms with Crippen molar-refractivity contribution in [3.8, 4) is 0 Å². The maximum Gasteiger partial charge on any atom is 0.243 e. The number of rotatable bonds is 2. The molecule has 1 saturated heterocycles. The van der Waals surface area contributed by atoms with Gasteiger partial charge in [-0.1, -0.05) is 5.16 Å². The molecular formula is C7H13ClN4O. The van der Waals surface area contributed by atoms with Crippen LogP contribution < -0.4 is 11.1 Å². The lowest BCUT2D eigenvalue weighted by molar-refractivity contribution is 0.341. The zero-order valence-electron chi connectivity index (χ0n) is 7.19. The van der Waals surface area contributed by atoms with Crippen LogP contribution in [0.5, 0.6) is 0 Å². The van der Waals surface area contributed by atoms with E-state index in [1.165, 1.54) is 6.42 Å². The third-order valence-electron chi connectivity index (χ3n) is 2.02. The van der Waals surface area contributed by atoms with Gasteiger partial charge in [0.25, 0.3) is 0 Å². The molecule has 1 atom stereocenters. The van der Waals surface area contributed by atoms with E-state index < -0.39 is 0 Å². The van der Waals surface area contributed by atoms with Crippen LogP contribution in [0.1, 0.15) is 30.6 Å². The Labute approximate surface area is 82.5 Å². The average Bonchev–Trinajstić information content (AvgIpc) is 2.75. The highest BCUT2D eigenvalue weighted by molar-refractivity contribution is 5.85. The van der Waals surface area contributed by atoms with Crippen LogP contribution in [0.4, 0.5) is 0 Å². The SMILES string of the molecule is Cl.NCc1noc([C@H]2CCCN2)n1. The molecule has 0 amide bonds. The van der Waals surface area contributed by atoms with Crippen molar-refractivity contribution in [3.05, 3.63) is 11.7 Å². The van der Waals surface area contributed by atoms with Crippen LogP contribution in [-0.4, -0.2) is 16.7 Å². The van der Waals surface area contributed by atoms with E-state index in [0.29, 0.717) is 18.3 Å². The molecule has 1 aliphatic heterocycles. The minimum absolute atomic E-state index is 0. The Morgan fingerprint density at radius 1 is 1.62 bits per heavy atom. The first kappa shape index (κ1) is 10.4. The summed E-state index contributed by atoms with van der Waals surface area (Å²) in [5, 5.41) is 7.00. The highest BCUT2D eigenvalue weighted by Crippen LogP contribution is 2.20. The van der Waals surface area contributed by atoms with Crippen molar-refractivity contribution in [1.29, 1.82) is 0 Å². The summed E-state index contributed by atoms with van der Waals surface area (Å²) in [6, 6.07) is 0.248. The molecular weight excluding hydrogens is 192 g/mol. The molecule has 6 heteroatoms. The molecule has 2 heterocycles. The van der Waals surface area contributed by atoms with Crippen molar-refractivity contribution >= 4 is 12.4 Å². The normalized spacial score (nSPS) is 21.5. The highest BCUT2D eigenvalue weighted by atomic mass is 35.5. The summed E-state index contributed by atoms with van der Waals surface area (Å²) in [6.07, 6.45) is 2.25. The second-order valence-electron chi connectivity index (χ2n) is 2.90. The molecule has 2 rings (SSSR count). The van der Waals surface area contributed by atoms with Gasteiger partial charge in [0, 0.05) is 0 Å². The molecule has 3 N–H and O–H groups in total. The van der Waals surface area contributed by atoms with Gasteiger partial charge in [-0.15, -0.1) is 12.4 Å². The van der Waals surface area contributed by atoms with Crippen molar-refractivity contribution in [2.75, 3.05) is 6.54 Å². The Morgan fingerprint density at radius 3 is 3.00 bits per heavy atom. The van der Waals surface area contributed by atoms with Crippen LogP contribution in [0.3, 0.4) is 0 Å². The maximum atomic E-state index is 5.36. The first-order valence-corrected chi connectivity index (χ1v) is 4.16. The second kappa shape index (κ2) is 4.55. The Kier molecular flexibility index (Phi) is 3.65. The van der Waals surface area contributed by atoms with E-state index in [2.05, 4.69) is 15.5 Å². The Balaban J connectivity index is 0.000000845. The van der Waals surface area contributed by atoms with Crippen molar-refractivity contribution in [2.45, 2.75) is 25.4 Å². The van der Waals surface area contributed by atoms with Crippen LogP contribution in [0.15, 0.2) is 4.52 Å². The van der Waals surface area contributed by atoms with Crippen LogP contribution in [0.25, 0.3) is 0 Å². The lowest BCUT2D eigenvalue weighted by atomic mass is 10.2. The summed E-state index contributed by atoms with van der Waals surface area (Å²) in [5.74, 6) is 1.26. The van der Waals surface area contributed by atoms with Crippen LogP contribution >= 0.6 is 12.4 Å². The van der Waals surface area contributed by atoms with Crippen molar-refractivity contribution < 1.29 is 4.52 Å². The van der Waals surface area contributed by atoms with Crippen molar-refractivity contribution in [2.24, 2.45) is 5.73 Å². The van der Waals surface area contributed by atoms with E-state index in [-0.39, 0.29) is 18.4 Å². The molecule has 1 aliphatic rings. The zero-order chi connectivity index (χ0) is 8.39. The van der Waals surface area contributed by atoms with Gasteiger partial charge in [0.1, 0.15) is 0 Å². The highest BCUT2D eigenvalue weighted by Gasteiger charge is 2.21. The van der Waals surface area contributed by atoms with Gasteiger partial charge >= 0.3 is 0 Å². The number of nitrogens with one attached hydrogen (secondary N) is 1. The van der Waals surface area contributed by atoms with E-state index in [1.807, 2.05) is 0 Å². The number of nitrogens with two attached hydrogens (primary N) is 1. The average molecular weight is 205 g/mol. The number of aromatic nitrogens is 2. The minimum Gasteiger partial charge on any atom is -0.338 e. The summed E-state index contributed by atoms with van der Waals surface area (Å²) in [7, 11) is 0. The third-order valence-corrected chi connectivity index (χ3v) is 2.02. The number of nitrogens with zero attached hydrogens (tertiary/aromatic N) is 2. The van der Waals surface area contributed by atoms with Crippen molar-refractivity contribution in [3.63, 3.8) is 0 Å². The first-order valence-electron chi connectivity index (χ1n) is 4.16. The van der Waals surface area contributed by atoms with Gasteiger partial charge in [0.2, 0.25) is 5.89 Å². The fourth-order valence-electron chi connectivity index (χ4n) is 1.39. The second-order valence-corrected chi connectivity index (χ2v) is 2.90. The first-order chi connectivity index (χ1) is 5.90. The minimum atomic E-state index is 0. The molecule has 0 unspecified atom stereocenters.